The number of fused-ring (bicyclic) bond motifs is 3. The van der Waals surface area contributed by atoms with E-state index in [-0.39, 0.29) is 24.2 Å². The van der Waals surface area contributed by atoms with E-state index in [2.05, 4.69) is 24.2 Å². The minimum Gasteiger partial charge on any atom is -0.324 e. The van der Waals surface area contributed by atoms with Crippen molar-refractivity contribution in [3.8, 4) is 0 Å². The molecule has 0 saturated heterocycles. The van der Waals surface area contributed by atoms with E-state index in [4.69, 9.17) is 5.84 Å². The van der Waals surface area contributed by atoms with Crippen LogP contribution in [0.15, 0.2) is 53.5 Å². The van der Waals surface area contributed by atoms with Gasteiger partial charge in [0.1, 0.15) is 6.04 Å². The zero-order valence-electron chi connectivity index (χ0n) is 15.2. The number of hydrogen-bond acceptors (Lipinski definition) is 5. The zero-order valence-corrected chi connectivity index (χ0v) is 15.2. The van der Waals surface area contributed by atoms with Gasteiger partial charge in [0.2, 0.25) is 11.9 Å². The van der Waals surface area contributed by atoms with Crippen LogP contribution in [-0.2, 0) is 9.59 Å². The van der Waals surface area contributed by atoms with Crippen LogP contribution in [-0.4, -0.2) is 23.8 Å². The maximum absolute atomic E-state index is 13.0. The predicted molar refractivity (Wildman–Crippen MR) is 106 cm³/mol. The second-order valence-corrected chi connectivity index (χ2v) is 7.02. The Bertz CT molecular complexity index is 936. The van der Waals surface area contributed by atoms with Crippen molar-refractivity contribution in [2.45, 2.75) is 32.2 Å². The average Bonchev–Trinajstić information content (AvgIpc) is 2.94. The average molecular weight is 363 g/mol. The largest absolute Gasteiger partial charge is 0.324 e. The molecule has 2 aromatic carbocycles. The van der Waals surface area contributed by atoms with E-state index in [1.807, 2.05) is 48.5 Å². The summed E-state index contributed by atoms with van der Waals surface area (Å²) in [5, 5.41) is 4.26. The van der Waals surface area contributed by atoms with E-state index < -0.39 is 6.04 Å². The van der Waals surface area contributed by atoms with Gasteiger partial charge in [-0.15, -0.1) is 0 Å². The molecule has 2 aliphatic rings. The van der Waals surface area contributed by atoms with Crippen molar-refractivity contribution in [2.24, 2.45) is 10.8 Å². The Hall–Kier alpha value is -3.19. The van der Waals surface area contributed by atoms with Crippen LogP contribution in [0.1, 0.15) is 31.7 Å². The van der Waals surface area contributed by atoms with Crippen molar-refractivity contribution < 1.29 is 9.59 Å². The lowest BCUT2D eigenvalue weighted by molar-refractivity contribution is -0.123. The first-order valence-corrected chi connectivity index (χ1v) is 8.91. The fourth-order valence-electron chi connectivity index (χ4n) is 3.42. The van der Waals surface area contributed by atoms with E-state index in [0.29, 0.717) is 17.3 Å². The van der Waals surface area contributed by atoms with Crippen LogP contribution in [0.3, 0.4) is 0 Å². The number of carbonyl (C=O) groups is 2. The van der Waals surface area contributed by atoms with Crippen molar-refractivity contribution in [1.82, 2.24) is 0 Å². The van der Waals surface area contributed by atoms with Crippen LogP contribution >= 0.6 is 0 Å². The molecule has 0 unspecified atom stereocenters. The SMILES string of the molecule is CC(C)c1ccc(NC(=O)[C@@H]2CC(=O)N=C3N(N)c4ccccc4N32)cc1. The number of hydrogen-bond donors (Lipinski definition) is 2. The van der Waals surface area contributed by atoms with Gasteiger partial charge in [0.05, 0.1) is 17.8 Å². The first-order chi connectivity index (χ1) is 13.0. The molecular weight excluding hydrogens is 342 g/mol. The van der Waals surface area contributed by atoms with Gasteiger partial charge in [-0.05, 0) is 35.7 Å². The molecule has 0 spiro atoms. The van der Waals surface area contributed by atoms with Gasteiger partial charge in [0.25, 0.3) is 5.91 Å². The highest BCUT2D eigenvalue weighted by atomic mass is 16.2. The molecule has 138 valence electrons. The van der Waals surface area contributed by atoms with Crippen LogP contribution in [0.25, 0.3) is 0 Å². The molecule has 7 heteroatoms. The molecule has 0 bridgehead atoms. The van der Waals surface area contributed by atoms with Crippen LogP contribution in [0.4, 0.5) is 17.1 Å². The Balaban J connectivity index is 1.62. The lowest BCUT2D eigenvalue weighted by atomic mass is 10.0. The molecule has 0 aliphatic carbocycles. The van der Waals surface area contributed by atoms with Crippen molar-refractivity contribution in [3.05, 3.63) is 54.1 Å². The number of para-hydroxylation sites is 2. The third kappa shape index (κ3) is 2.96. The Kier molecular flexibility index (Phi) is 4.16. The molecule has 0 saturated carbocycles. The van der Waals surface area contributed by atoms with Gasteiger partial charge in [-0.25, -0.2) is 10.9 Å². The van der Waals surface area contributed by atoms with E-state index in [9.17, 15) is 9.59 Å². The summed E-state index contributed by atoms with van der Waals surface area (Å²) >= 11 is 0. The Morgan fingerprint density at radius 2 is 1.81 bits per heavy atom. The minimum absolute atomic E-state index is 0.00157. The molecule has 2 aliphatic heterocycles. The third-order valence-corrected chi connectivity index (χ3v) is 4.88. The highest BCUT2D eigenvalue weighted by Gasteiger charge is 2.43. The number of nitrogens with zero attached hydrogens (tertiary/aromatic N) is 3. The molecule has 7 nitrogen and oxygen atoms in total. The summed E-state index contributed by atoms with van der Waals surface area (Å²) < 4.78 is 0. The van der Waals surface area contributed by atoms with E-state index in [0.717, 1.165) is 5.69 Å². The summed E-state index contributed by atoms with van der Waals surface area (Å²) in [4.78, 5) is 30.9. The number of amides is 2. The summed E-state index contributed by atoms with van der Waals surface area (Å²) in [6.07, 6.45) is 0.00157. The number of hydrazine groups is 1. The van der Waals surface area contributed by atoms with Crippen molar-refractivity contribution in [3.63, 3.8) is 0 Å². The summed E-state index contributed by atoms with van der Waals surface area (Å²) in [5.41, 5.74) is 3.37. The smallest absolute Gasteiger partial charge is 0.251 e. The molecule has 2 aromatic rings. The number of nitrogens with one attached hydrogen (secondary N) is 1. The van der Waals surface area contributed by atoms with Gasteiger partial charge in [0, 0.05) is 5.69 Å². The molecule has 2 amide bonds. The number of benzene rings is 2. The van der Waals surface area contributed by atoms with Crippen LogP contribution in [0, 0.1) is 0 Å². The van der Waals surface area contributed by atoms with E-state index >= 15 is 0 Å². The normalized spacial score (nSPS) is 18.3. The van der Waals surface area contributed by atoms with Crippen LogP contribution < -0.4 is 21.1 Å². The van der Waals surface area contributed by atoms with Gasteiger partial charge in [0.15, 0.2) is 0 Å². The maximum atomic E-state index is 13.0. The molecule has 2 heterocycles. The lowest BCUT2D eigenvalue weighted by Gasteiger charge is -2.31. The molecule has 0 radical (unpaired) electrons. The molecule has 0 aromatic heterocycles. The summed E-state index contributed by atoms with van der Waals surface area (Å²) in [6, 6.07) is 14.4. The lowest BCUT2D eigenvalue weighted by Crippen LogP contribution is -2.55. The molecular formula is C20H21N5O2. The number of rotatable bonds is 3. The Morgan fingerprint density at radius 1 is 1.15 bits per heavy atom. The minimum atomic E-state index is -0.704. The predicted octanol–water partition coefficient (Wildman–Crippen LogP) is 2.60. The third-order valence-electron chi connectivity index (χ3n) is 4.88. The summed E-state index contributed by atoms with van der Waals surface area (Å²) in [5.74, 6) is 6.17. The standard InChI is InChI=1S/C20H21N5O2/c1-12(2)13-7-9-14(10-8-13)22-19(27)17-11-18(26)23-20-24(17)15-5-3-4-6-16(15)25(20)21/h3-10,12,17H,11,21H2,1-2H3,(H,22,27)/t17-/m0/s1. The van der Waals surface area contributed by atoms with E-state index in [1.54, 1.807) is 4.90 Å². The van der Waals surface area contributed by atoms with Gasteiger partial charge in [-0.1, -0.05) is 38.1 Å². The zero-order chi connectivity index (χ0) is 19.1. The summed E-state index contributed by atoms with van der Waals surface area (Å²) in [6.45, 7) is 4.23. The molecule has 3 N–H and O–H groups in total. The fourth-order valence-corrected chi connectivity index (χ4v) is 3.42. The van der Waals surface area contributed by atoms with Crippen LogP contribution in [0.2, 0.25) is 0 Å². The van der Waals surface area contributed by atoms with Gasteiger partial charge in [-0.3, -0.25) is 14.5 Å². The number of aliphatic imine (C=N–C) groups is 1. The van der Waals surface area contributed by atoms with Crippen molar-refractivity contribution in [1.29, 1.82) is 0 Å². The molecule has 0 fully saturated rings. The Labute approximate surface area is 157 Å². The second-order valence-electron chi connectivity index (χ2n) is 7.02. The molecule has 1 atom stereocenters. The van der Waals surface area contributed by atoms with Crippen molar-refractivity contribution >= 4 is 34.8 Å². The van der Waals surface area contributed by atoms with Gasteiger partial charge in [-0.2, -0.15) is 4.99 Å². The first kappa shape index (κ1) is 17.2. The monoisotopic (exact) mass is 363 g/mol. The maximum Gasteiger partial charge on any atom is 0.251 e. The number of carbonyl (C=O) groups excluding carboxylic acids is 2. The highest BCUT2D eigenvalue weighted by Crippen LogP contribution is 2.38. The van der Waals surface area contributed by atoms with Crippen molar-refractivity contribution in [2.75, 3.05) is 15.2 Å². The fraction of sp³-hybridized carbons (Fsp3) is 0.250. The number of nitrogens with two attached hydrogens (primary N) is 1. The van der Waals surface area contributed by atoms with Gasteiger partial charge < -0.3 is 5.32 Å². The van der Waals surface area contributed by atoms with Gasteiger partial charge >= 0.3 is 0 Å². The Morgan fingerprint density at radius 3 is 2.48 bits per heavy atom. The highest BCUT2D eigenvalue weighted by molar-refractivity contribution is 6.23. The van der Waals surface area contributed by atoms with E-state index in [1.165, 1.54) is 10.6 Å². The number of anilines is 3. The number of guanidine groups is 1. The molecule has 4 rings (SSSR count). The second kappa shape index (κ2) is 6.51. The summed E-state index contributed by atoms with van der Waals surface area (Å²) in [7, 11) is 0. The topological polar surface area (TPSA) is 91.0 Å². The first-order valence-electron chi connectivity index (χ1n) is 8.91. The molecule has 27 heavy (non-hydrogen) atoms. The van der Waals surface area contributed by atoms with Crippen LogP contribution in [0.5, 0.6) is 0 Å². The quantitative estimate of drug-likeness (QED) is 0.818.